The Balaban J connectivity index is 1.57. The normalized spacial score (nSPS) is 10.8. The van der Waals surface area contributed by atoms with E-state index in [-0.39, 0.29) is 23.8 Å². The first-order valence-electron chi connectivity index (χ1n) is 10.2. The highest BCUT2D eigenvalue weighted by Crippen LogP contribution is 2.18. The zero-order valence-corrected chi connectivity index (χ0v) is 18.3. The van der Waals surface area contributed by atoms with Crippen LogP contribution >= 0.6 is 0 Å². The molecule has 166 valence electrons. The number of nitrogens with zero attached hydrogens (tertiary/aromatic N) is 1. The highest BCUT2D eigenvalue weighted by molar-refractivity contribution is 6.09. The van der Waals surface area contributed by atoms with Gasteiger partial charge in [-0.15, -0.1) is 0 Å². The van der Waals surface area contributed by atoms with Crippen molar-refractivity contribution in [2.24, 2.45) is 0 Å². The van der Waals surface area contributed by atoms with E-state index in [1.807, 2.05) is 38.1 Å². The van der Waals surface area contributed by atoms with Crippen molar-refractivity contribution in [2.75, 3.05) is 17.2 Å². The zero-order valence-electron chi connectivity index (χ0n) is 18.3. The number of nitrogens with one attached hydrogen (secondary N) is 2. The third-order valence-corrected chi connectivity index (χ3v) is 4.71. The van der Waals surface area contributed by atoms with Crippen LogP contribution in [0.1, 0.15) is 16.7 Å². The number of phenolic OH excluding ortho intramolecular Hbond substituents is 1. The first-order valence-corrected chi connectivity index (χ1v) is 10.2. The van der Waals surface area contributed by atoms with E-state index in [2.05, 4.69) is 10.6 Å². The summed E-state index contributed by atoms with van der Waals surface area (Å²) in [7, 11) is 0. The van der Waals surface area contributed by atoms with Gasteiger partial charge in [0.25, 0.3) is 11.8 Å². The molecule has 0 aliphatic rings. The summed E-state index contributed by atoms with van der Waals surface area (Å²) in [5, 5.41) is 24.1. The predicted octanol–water partition coefficient (Wildman–Crippen LogP) is 4.57. The van der Waals surface area contributed by atoms with Gasteiger partial charge in [-0.3, -0.25) is 9.59 Å². The fourth-order valence-electron chi connectivity index (χ4n) is 3.01. The minimum absolute atomic E-state index is 0.0779. The Hall–Kier alpha value is -4.57. The quantitative estimate of drug-likeness (QED) is 0.282. The standard InChI is InChI=1S/C26H23N3O4/c1-17-3-12-24(18(2)13-17)29-25(31)16-33-23-10-4-19(5-11-23)14-20(15-27)26(32)28-21-6-8-22(30)9-7-21/h3-14,30H,16H2,1-2H3,(H,28,32)(H,29,31)/b20-14+. The van der Waals surface area contributed by atoms with Crippen molar-refractivity contribution in [3.8, 4) is 17.6 Å². The number of amides is 2. The van der Waals surface area contributed by atoms with Crippen LogP contribution in [0.25, 0.3) is 6.08 Å². The summed E-state index contributed by atoms with van der Waals surface area (Å²) in [4.78, 5) is 24.5. The van der Waals surface area contributed by atoms with Crippen molar-refractivity contribution in [1.82, 2.24) is 0 Å². The summed E-state index contributed by atoms with van der Waals surface area (Å²) in [5.41, 5.74) is 3.84. The number of carbonyl (C=O) groups excluding carboxylic acids is 2. The molecule has 3 aromatic carbocycles. The van der Waals surface area contributed by atoms with Gasteiger partial charge in [-0.1, -0.05) is 29.8 Å². The van der Waals surface area contributed by atoms with E-state index in [9.17, 15) is 20.0 Å². The van der Waals surface area contributed by atoms with E-state index in [1.54, 1.807) is 24.3 Å². The molecule has 7 nitrogen and oxygen atoms in total. The predicted molar refractivity (Wildman–Crippen MR) is 127 cm³/mol. The van der Waals surface area contributed by atoms with Crippen LogP contribution in [-0.2, 0) is 9.59 Å². The Labute approximate surface area is 191 Å². The van der Waals surface area contributed by atoms with E-state index in [0.717, 1.165) is 16.8 Å². The van der Waals surface area contributed by atoms with Gasteiger partial charge in [0, 0.05) is 11.4 Å². The monoisotopic (exact) mass is 441 g/mol. The van der Waals surface area contributed by atoms with Crippen molar-refractivity contribution in [2.45, 2.75) is 13.8 Å². The van der Waals surface area contributed by atoms with Gasteiger partial charge < -0.3 is 20.5 Å². The molecular weight excluding hydrogens is 418 g/mol. The van der Waals surface area contributed by atoms with Crippen molar-refractivity contribution in [3.63, 3.8) is 0 Å². The molecule has 0 radical (unpaired) electrons. The molecule has 33 heavy (non-hydrogen) atoms. The first kappa shape index (κ1) is 23.1. The molecule has 0 aromatic heterocycles. The highest BCUT2D eigenvalue weighted by atomic mass is 16.5. The van der Waals surface area contributed by atoms with Crippen LogP contribution in [0.4, 0.5) is 11.4 Å². The van der Waals surface area contributed by atoms with Crippen LogP contribution in [0.15, 0.2) is 72.3 Å². The van der Waals surface area contributed by atoms with Crippen molar-refractivity contribution in [3.05, 3.63) is 89.0 Å². The molecule has 3 rings (SSSR count). The number of carbonyl (C=O) groups is 2. The number of phenols is 1. The highest BCUT2D eigenvalue weighted by Gasteiger charge is 2.10. The molecule has 3 aromatic rings. The van der Waals surface area contributed by atoms with Crippen LogP contribution < -0.4 is 15.4 Å². The minimum Gasteiger partial charge on any atom is -0.508 e. The number of hydrogen-bond donors (Lipinski definition) is 3. The van der Waals surface area contributed by atoms with Crippen LogP contribution in [-0.4, -0.2) is 23.5 Å². The average molecular weight is 441 g/mol. The molecule has 0 atom stereocenters. The number of aromatic hydroxyl groups is 1. The van der Waals surface area contributed by atoms with E-state index in [1.165, 1.54) is 30.3 Å². The molecule has 0 saturated heterocycles. The maximum atomic E-state index is 12.3. The summed E-state index contributed by atoms with van der Waals surface area (Å²) in [5.74, 6) is -0.278. The van der Waals surface area contributed by atoms with Gasteiger partial charge in [0.2, 0.25) is 0 Å². The fraction of sp³-hybridized carbons (Fsp3) is 0.115. The maximum absolute atomic E-state index is 12.3. The largest absolute Gasteiger partial charge is 0.508 e. The maximum Gasteiger partial charge on any atom is 0.266 e. The van der Waals surface area contributed by atoms with Crippen molar-refractivity contribution in [1.29, 1.82) is 5.26 Å². The van der Waals surface area contributed by atoms with Crippen LogP contribution in [0.3, 0.4) is 0 Å². The molecule has 0 saturated carbocycles. The average Bonchev–Trinajstić information content (AvgIpc) is 2.80. The molecule has 0 bridgehead atoms. The van der Waals surface area contributed by atoms with Gasteiger partial charge >= 0.3 is 0 Å². The second-order valence-electron chi connectivity index (χ2n) is 7.40. The zero-order chi connectivity index (χ0) is 23.8. The van der Waals surface area contributed by atoms with Gasteiger partial charge in [0.1, 0.15) is 23.1 Å². The molecule has 0 heterocycles. The van der Waals surface area contributed by atoms with E-state index in [0.29, 0.717) is 17.0 Å². The summed E-state index contributed by atoms with van der Waals surface area (Å²) in [6.45, 7) is 3.76. The van der Waals surface area contributed by atoms with Gasteiger partial charge in [-0.05, 0) is 73.5 Å². The molecule has 0 aliphatic carbocycles. The van der Waals surface area contributed by atoms with E-state index >= 15 is 0 Å². The number of ether oxygens (including phenoxy) is 1. The summed E-state index contributed by atoms with van der Waals surface area (Å²) in [6, 6.07) is 20.3. The Morgan fingerprint density at radius 1 is 1.00 bits per heavy atom. The second-order valence-corrected chi connectivity index (χ2v) is 7.40. The number of anilines is 2. The Morgan fingerprint density at radius 3 is 2.33 bits per heavy atom. The molecule has 0 unspecified atom stereocenters. The molecule has 2 amide bonds. The lowest BCUT2D eigenvalue weighted by atomic mass is 10.1. The van der Waals surface area contributed by atoms with Crippen molar-refractivity contribution < 1.29 is 19.4 Å². The van der Waals surface area contributed by atoms with Gasteiger partial charge in [0.05, 0.1) is 0 Å². The summed E-state index contributed by atoms with van der Waals surface area (Å²) < 4.78 is 5.53. The fourth-order valence-corrected chi connectivity index (χ4v) is 3.01. The van der Waals surface area contributed by atoms with Gasteiger partial charge in [0.15, 0.2) is 6.61 Å². The smallest absolute Gasteiger partial charge is 0.266 e. The lowest BCUT2D eigenvalue weighted by Gasteiger charge is -2.10. The van der Waals surface area contributed by atoms with Crippen molar-refractivity contribution >= 4 is 29.3 Å². The molecule has 0 aliphatic heterocycles. The topological polar surface area (TPSA) is 111 Å². The summed E-state index contributed by atoms with van der Waals surface area (Å²) in [6.07, 6.45) is 1.45. The lowest BCUT2D eigenvalue weighted by molar-refractivity contribution is -0.118. The third-order valence-electron chi connectivity index (χ3n) is 4.71. The lowest BCUT2D eigenvalue weighted by Crippen LogP contribution is -2.20. The SMILES string of the molecule is Cc1ccc(NC(=O)COc2ccc(/C=C(\C#N)C(=O)Nc3ccc(O)cc3)cc2)c(C)c1. The van der Waals surface area contributed by atoms with Crippen LogP contribution in [0.2, 0.25) is 0 Å². The Kier molecular flexibility index (Phi) is 7.45. The van der Waals surface area contributed by atoms with Gasteiger partial charge in [-0.2, -0.15) is 5.26 Å². The van der Waals surface area contributed by atoms with E-state index in [4.69, 9.17) is 4.74 Å². The Morgan fingerprint density at radius 2 is 1.70 bits per heavy atom. The summed E-state index contributed by atoms with van der Waals surface area (Å²) >= 11 is 0. The molecule has 0 spiro atoms. The molecular formula is C26H23N3O4. The number of hydrogen-bond acceptors (Lipinski definition) is 5. The third kappa shape index (κ3) is 6.71. The number of aryl methyl sites for hydroxylation is 2. The minimum atomic E-state index is -0.563. The second kappa shape index (κ2) is 10.6. The van der Waals surface area contributed by atoms with Crippen LogP contribution in [0, 0.1) is 25.2 Å². The number of rotatable bonds is 7. The first-order chi connectivity index (χ1) is 15.8. The van der Waals surface area contributed by atoms with Gasteiger partial charge in [-0.25, -0.2) is 0 Å². The number of benzene rings is 3. The van der Waals surface area contributed by atoms with Crippen LogP contribution in [0.5, 0.6) is 11.5 Å². The molecule has 3 N–H and O–H groups in total. The number of nitriles is 1. The van der Waals surface area contributed by atoms with E-state index < -0.39 is 5.91 Å². The molecule has 7 heteroatoms. The Bertz CT molecular complexity index is 1220. The molecule has 0 fully saturated rings.